The van der Waals surface area contributed by atoms with Gasteiger partial charge in [-0.25, -0.2) is 15.0 Å². The SMILES string of the molecule is CCc1ccc(Nc2ccc(C(=O)c3c[nH]c4ncnc(NC5CCOCC5)c34)c(F)n2)cn1. The number of fused-ring (bicyclic) bond motifs is 1. The first-order chi connectivity index (χ1) is 16.6. The predicted molar refractivity (Wildman–Crippen MR) is 126 cm³/mol. The molecule has 9 nitrogen and oxygen atoms in total. The predicted octanol–water partition coefficient (Wildman–Crippen LogP) is 4.01. The molecule has 174 valence electrons. The highest BCUT2D eigenvalue weighted by molar-refractivity contribution is 6.18. The monoisotopic (exact) mass is 461 g/mol. The molecule has 0 saturated carbocycles. The standard InChI is InChI=1S/C24H24FN7O2/c1-2-14-3-4-16(11-26-14)30-19-6-5-17(22(25)32-19)21(33)18-12-27-23-20(18)24(29-13-28-23)31-15-7-9-34-10-8-15/h3-6,11-13,15H,2,7-10H2,1H3,(H,30,32)(H2,27,28,29,31). The van der Waals surface area contributed by atoms with Crippen LogP contribution < -0.4 is 10.6 Å². The fraction of sp³-hybridized carbons (Fsp3) is 0.292. The summed E-state index contributed by atoms with van der Waals surface area (Å²) in [5.41, 5.74) is 2.29. The smallest absolute Gasteiger partial charge is 0.226 e. The number of ether oxygens (including phenoxy) is 1. The fourth-order valence-electron chi connectivity index (χ4n) is 3.96. The van der Waals surface area contributed by atoms with Crippen molar-refractivity contribution in [3.63, 3.8) is 0 Å². The Morgan fingerprint density at radius 1 is 1.15 bits per heavy atom. The molecule has 3 N–H and O–H groups in total. The van der Waals surface area contributed by atoms with E-state index in [-0.39, 0.29) is 23.0 Å². The number of aromatic amines is 1. The number of anilines is 3. The third kappa shape index (κ3) is 4.44. The van der Waals surface area contributed by atoms with E-state index in [0.29, 0.717) is 35.8 Å². The first-order valence-corrected chi connectivity index (χ1v) is 11.2. The summed E-state index contributed by atoms with van der Waals surface area (Å²) in [4.78, 5) is 33.1. The number of aromatic nitrogens is 5. The summed E-state index contributed by atoms with van der Waals surface area (Å²) in [6.07, 6.45) is 7.12. The van der Waals surface area contributed by atoms with Gasteiger partial charge in [0.2, 0.25) is 5.95 Å². The quantitative estimate of drug-likeness (QED) is 0.279. The lowest BCUT2D eigenvalue weighted by Gasteiger charge is -2.23. The first-order valence-electron chi connectivity index (χ1n) is 11.2. The average Bonchev–Trinajstić information content (AvgIpc) is 3.30. The molecule has 1 aliphatic rings. The van der Waals surface area contributed by atoms with Crippen LogP contribution in [0.4, 0.5) is 21.7 Å². The molecule has 0 bridgehead atoms. The van der Waals surface area contributed by atoms with Crippen LogP contribution in [0.25, 0.3) is 11.0 Å². The van der Waals surface area contributed by atoms with Gasteiger partial charge in [0.15, 0.2) is 5.78 Å². The van der Waals surface area contributed by atoms with Crippen molar-refractivity contribution in [1.29, 1.82) is 0 Å². The topological polar surface area (TPSA) is 118 Å². The highest BCUT2D eigenvalue weighted by Gasteiger charge is 2.23. The van der Waals surface area contributed by atoms with Crippen molar-refractivity contribution in [2.75, 3.05) is 23.8 Å². The van der Waals surface area contributed by atoms with Gasteiger partial charge in [-0.05, 0) is 43.5 Å². The molecule has 0 amide bonds. The largest absolute Gasteiger partial charge is 0.381 e. The second kappa shape index (κ2) is 9.52. The van der Waals surface area contributed by atoms with Gasteiger partial charge in [-0.3, -0.25) is 9.78 Å². The Bertz CT molecular complexity index is 1320. The maximum atomic E-state index is 14.9. The zero-order valence-electron chi connectivity index (χ0n) is 18.6. The van der Waals surface area contributed by atoms with E-state index in [4.69, 9.17) is 4.74 Å². The minimum atomic E-state index is -0.863. The molecule has 0 radical (unpaired) electrons. The minimum absolute atomic E-state index is 0.133. The van der Waals surface area contributed by atoms with Gasteiger partial charge in [0.25, 0.3) is 0 Å². The molecule has 0 unspecified atom stereocenters. The number of H-pyrrole nitrogens is 1. The van der Waals surface area contributed by atoms with Crippen LogP contribution in [-0.4, -0.2) is 50.0 Å². The third-order valence-electron chi connectivity index (χ3n) is 5.83. The van der Waals surface area contributed by atoms with Gasteiger partial charge in [-0.15, -0.1) is 0 Å². The van der Waals surface area contributed by atoms with Crippen molar-refractivity contribution in [3.05, 3.63) is 65.8 Å². The molecule has 0 aliphatic carbocycles. The number of carbonyl (C=O) groups is 1. The summed E-state index contributed by atoms with van der Waals surface area (Å²) in [7, 11) is 0. The minimum Gasteiger partial charge on any atom is -0.381 e. The highest BCUT2D eigenvalue weighted by Crippen LogP contribution is 2.28. The lowest BCUT2D eigenvalue weighted by Crippen LogP contribution is -2.28. The van der Waals surface area contributed by atoms with Gasteiger partial charge in [0.1, 0.15) is 23.6 Å². The Balaban J connectivity index is 1.41. The van der Waals surface area contributed by atoms with E-state index in [0.717, 1.165) is 25.0 Å². The Morgan fingerprint density at radius 3 is 2.74 bits per heavy atom. The molecular weight excluding hydrogens is 437 g/mol. The van der Waals surface area contributed by atoms with Gasteiger partial charge in [-0.2, -0.15) is 4.39 Å². The molecule has 1 aliphatic heterocycles. The van der Waals surface area contributed by atoms with E-state index in [1.165, 1.54) is 18.6 Å². The second-order valence-electron chi connectivity index (χ2n) is 8.06. The van der Waals surface area contributed by atoms with Crippen LogP contribution >= 0.6 is 0 Å². The Morgan fingerprint density at radius 2 is 2.00 bits per heavy atom. The highest BCUT2D eigenvalue weighted by atomic mass is 19.1. The number of ketones is 1. The molecule has 1 fully saturated rings. The van der Waals surface area contributed by atoms with Gasteiger partial charge in [0.05, 0.1) is 28.4 Å². The van der Waals surface area contributed by atoms with Crippen molar-refractivity contribution in [1.82, 2.24) is 24.9 Å². The molecule has 0 aromatic carbocycles. The van der Waals surface area contributed by atoms with Crippen LogP contribution in [-0.2, 0) is 11.2 Å². The first kappa shape index (κ1) is 21.9. The molecule has 5 heterocycles. The Labute approximate surface area is 195 Å². The summed E-state index contributed by atoms with van der Waals surface area (Å²) in [6.45, 7) is 3.35. The summed E-state index contributed by atoms with van der Waals surface area (Å²) >= 11 is 0. The van der Waals surface area contributed by atoms with Crippen molar-refractivity contribution < 1.29 is 13.9 Å². The number of nitrogens with one attached hydrogen (secondary N) is 3. The molecule has 4 aromatic heterocycles. The summed E-state index contributed by atoms with van der Waals surface area (Å²) in [5.74, 6) is -0.541. The van der Waals surface area contributed by atoms with Crippen LogP contribution in [0.15, 0.2) is 43.0 Å². The third-order valence-corrected chi connectivity index (χ3v) is 5.83. The summed E-state index contributed by atoms with van der Waals surface area (Å²) in [6, 6.07) is 6.91. The van der Waals surface area contributed by atoms with Crippen molar-refractivity contribution >= 4 is 34.1 Å². The normalized spacial score (nSPS) is 14.3. The fourth-order valence-corrected chi connectivity index (χ4v) is 3.96. The molecule has 1 saturated heterocycles. The van der Waals surface area contributed by atoms with E-state index in [9.17, 15) is 9.18 Å². The van der Waals surface area contributed by atoms with E-state index in [2.05, 4.69) is 35.6 Å². The van der Waals surface area contributed by atoms with Gasteiger partial charge in [-0.1, -0.05) is 6.92 Å². The maximum Gasteiger partial charge on any atom is 0.226 e. The van der Waals surface area contributed by atoms with Crippen molar-refractivity contribution in [3.8, 4) is 0 Å². The van der Waals surface area contributed by atoms with Gasteiger partial charge in [0, 0.05) is 31.1 Å². The molecule has 0 atom stereocenters. The van der Waals surface area contributed by atoms with Gasteiger partial charge >= 0.3 is 0 Å². The number of halogens is 1. The zero-order valence-corrected chi connectivity index (χ0v) is 18.6. The van der Waals surface area contributed by atoms with Crippen LogP contribution in [0.3, 0.4) is 0 Å². The van der Waals surface area contributed by atoms with Crippen LogP contribution in [0.1, 0.15) is 41.4 Å². The molecule has 10 heteroatoms. The molecule has 0 spiro atoms. The molecule has 4 aromatic rings. The van der Waals surface area contributed by atoms with Crippen LogP contribution in [0.5, 0.6) is 0 Å². The number of aryl methyl sites for hydroxylation is 1. The Hall–Kier alpha value is -3.92. The van der Waals surface area contributed by atoms with E-state index in [1.807, 2.05) is 19.1 Å². The summed E-state index contributed by atoms with van der Waals surface area (Å²) < 4.78 is 20.3. The van der Waals surface area contributed by atoms with E-state index >= 15 is 0 Å². The average molecular weight is 462 g/mol. The Kier molecular flexibility index (Phi) is 6.13. The number of carbonyl (C=O) groups excluding carboxylic acids is 1. The number of pyridine rings is 2. The zero-order chi connectivity index (χ0) is 23.5. The summed E-state index contributed by atoms with van der Waals surface area (Å²) in [5, 5.41) is 6.93. The van der Waals surface area contributed by atoms with E-state index < -0.39 is 11.7 Å². The van der Waals surface area contributed by atoms with Crippen molar-refractivity contribution in [2.24, 2.45) is 0 Å². The number of nitrogens with zero attached hydrogens (tertiary/aromatic N) is 4. The lowest BCUT2D eigenvalue weighted by atomic mass is 10.0. The second-order valence-corrected chi connectivity index (χ2v) is 8.06. The molecular formula is C24H24FN7O2. The lowest BCUT2D eigenvalue weighted by molar-refractivity contribution is 0.0904. The molecule has 5 rings (SSSR count). The van der Waals surface area contributed by atoms with Crippen LogP contribution in [0, 0.1) is 5.95 Å². The van der Waals surface area contributed by atoms with Crippen molar-refractivity contribution in [2.45, 2.75) is 32.2 Å². The number of hydrogen-bond acceptors (Lipinski definition) is 8. The van der Waals surface area contributed by atoms with Crippen LogP contribution in [0.2, 0.25) is 0 Å². The number of rotatable bonds is 7. The maximum absolute atomic E-state index is 14.9. The van der Waals surface area contributed by atoms with E-state index in [1.54, 1.807) is 12.3 Å². The van der Waals surface area contributed by atoms with Gasteiger partial charge < -0.3 is 20.4 Å². The number of hydrogen-bond donors (Lipinski definition) is 3. The molecule has 34 heavy (non-hydrogen) atoms.